The van der Waals surface area contributed by atoms with E-state index in [1.807, 2.05) is 35.7 Å². The summed E-state index contributed by atoms with van der Waals surface area (Å²) in [5.74, 6) is 1.57. The summed E-state index contributed by atoms with van der Waals surface area (Å²) in [7, 11) is 0. The van der Waals surface area contributed by atoms with Crippen molar-refractivity contribution in [1.82, 2.24) is 25.5 Å². The molecule has 0 unspecified atom stereocenters. The summed E-state index contributed by atoms with van der Waals surface area (Å²) in [6.07, 6.45) is 8.36. The molecule has 4 aromatic rings. The van der Waals surface area contributed by atoms with Crippen LogP contribution in [0.4, 0.5) is 5.00 Å². The van der Waals surface area contributed by atoms with Crippen molar-refractivity contribution in [2.45, 2.75) is 32.1 Å². The lowest BCUT2D eigenvalue weighted by molar-refractivity contribution is -0.115. The van der Waals surface area contributed by atoms with Gasteiger partial charge < -0.3 is 15.4 Å². The molecule has 1 amide bonds. The number of nitrogens with one attached hydrogen (secondary N) is 3. The van der Waals surface area contributed by atoms with Gasteiger partial charge in [-0.05, 0) is 68.5 Å². The summed E-state index contributed by atoms with van der Waals surface area (Å²) < 4.78 is 5.95. The van der Waals surface area contributed by atoms with Gasteiger partial charge in [0.1, 0.15) is 11.3 Å². The third-order valence-electron chi connectivity index (χ3n) is 6.09. The van der Waals surface area contributed by atoms with Crippen molar-refractivity contribution in [1.29, 1.82) is 0 Å². The quantitative estimate of drug-likeness (QED) is 0.285. The van der Waals surface area contributed by atoms with Crippen LogP contribution in [0.15, 0.2) is 48.1 Å². The molecule has 1 aliphatic heterocycles. The zero-order valence-corrected chi connectivity index (χ0v) is 19.7. The van der Waals surface area contributed by atoms with E-state index in [1.165, 1.54) is 30.6 Å². The number of aromatic amines is 1. The molecule has 1 saturated heterocycles. The van der Waals surface area contributed by atoms with Crippen LogP contribution in [0.5, 0.6) is 5.75 Å². The van der Waals surface area contributed by atoms with Crippen molar-refractivity contribution in [3.8, 4) is 17.0 Å². The highest BCUT2D eigenvalue weighted by Gasteiger charge is 2.14. The zero-order chi connectivity index (χ0) is 23.2. The molecule has 1 aliphatic rings. The Labute approximate surface area is 206 Å². The number of amides is 1. The molecule has 1 fully saturated rings. The number of rotatable bonds is 9. The summed E-state index contributed by atoms with van der Waals surface area (Å²) in [5.41, 5.74) is 3.93. The number of thiophene rings is 1. The van der Waals surface area contributed by atoms with Crippen LogP contribution in [0.3, 0.4) is 0 Å². The van der Waals surface area contributed by atoms with Gasteiger partial charge in [0, 0.05) is 27.6 Å². The molecule has 0 bridgehead atoms. The fraction of sp³-hybridized carbons (Fsp3) is 0.360. The van der Waals surface area contributed by atoms with E-state index in [0.717, 1.165) is 53.0 Å². The minimum atomic E-state index is -0.0641. The molecule has 182 valence electrons. The van der Waals surface area contributed by atoms with Crippen LogP contribution < -0.4 is 15.4 Å². The molecule has 9 heteroatoms. The van der Waals surface area contributed by atoms with Crippen LogP contribution in [0.1, 0.15) is 35.5 Å². The van der Waals surface area contributed by atoms with Crippen molar-refractivity contribution in [3.63, 3.8) is 0 Å². The molecule has 0 aliphatic carbocycles. The van der Waals surface area contributed by atoms with Gasteiger partial charge >= 0.3 is 0 Å². The molecule has 0 atom stereocenters. The third-order valence-corrected chi connectivity index (χ3v) is 6.93. The number of nitrogens with zero attached hydrogens (tertiary/aromatic N) is 3. The normalized spacial score (nSPS) is 14.4. The summed E-state index contributed by atoms with van der Waals surface area (Å²) in [5, 5.41) is 16.3. The number of piperidine rings is 1. The van der Waals surface area contributed by atoms with E-state index in [0.29, 0.717) is 17.8 Å². The largest absolute Gasteiger partial charge is 0.494 e. The van der Waals surface area contributed by atoms with E-state index in [1.54, 1.807) is 12.4 Å². The predicted octanol–water partition coefficient (Wildman–Crippen LogP) is 5.16. The maximum Gasteiger partial charge on any atom is 0.229 e. The van der Waals surface area contributed by atoms with Crippen LogP contribution >= 0.6 is 11.3 Å². The van der Waals surface area contributed by atoms with Crippen LogP contribution in [0, 0.1) is 5.92 Å². The SMILES string of the molecule is O=C(Cc1cccc(OCCCC2CCNCC2)c1)Nc1cc(-c2[nH]nc3nccnc23)cs1.[HH].[HH].[HH]. The highest BCUT2D eigenvalue weighted by molar-refractivity contribution is 7.14. The standard InChI is InChI=1S/C25H28N6O2S.3H2/c32-21(29-22-15-19(16-34-22)23-24-25(31-30-23)28-11-10-27-24)14-18-3-1-5-20(13-18)33-12-2-4-17-6-8-26-9-7-17;;;/h1,3,5,10-11,13,15-17,26H,2,4,6-9,12,14H2,(H,29,32)(H,28,30,31);3*1H. The predicted molar refractivity (Wildman–Crippen MR) is 140 cm³/mol. The molecule has 0 radical (unpaired) electrons. The van der Waals surface area contributed by atoms with Gasteiger partial charge in [-0.15, -0.1) is 11.3 Å². The highest BCUT2D eigenvalue weighted by Crippen LogP contribution is 2.31. The second-order valence-corrected chi connectivity index (χ2v) is 9.49. The van der Waals surface area contributed by atoms with E-state index >= 15 is 0 Å². The number of carbonyl (C=O) groups is 1. The Morgan fingerprint density at radius 1 is 1.21 bits per heavy atom. The first-order valence-electron chi connectivity index (χ1n) is 11.7. The molecule has 34 heavy (non-hydrogen) atoms. The Balaban J connectivity index is 0.00000160. The average molecular weight is 483 g/mol. The first-order valence-corrected chi connectivity index (χ1v) is 12.6. The van der Waals surface area contributed by atoms with Crippen LogP contribution in [0.2, 0.25) is 0 Å². The van der Waals surface area contributed by atoms with E-state index in [2.05, 4.69) is 30.8 Å². The van der Waals surface area contributed by atoms with Gasteiger partial charge in [-0.25, -0.2) is 9.97 Å². The lowest BCUT2D eigenvalue weighted by Gasteiger charge is -2.22. The summed E-state index contributed by atoms with van der Waals surface area (Å²) in [4.78, 5) is 21.2. The Morgan fingerprint density at radius 2 is 2.09 bits per heavy atom. The van der Waals surface area contributed by atoms with Crippen molar-refractivity contribution in [2.24, 2.45) is 5.92 Å². The van der Waals surface area contributed by atoms with Crippen LogP contribution in [-0.4, -0.2) is 45.8 Å². The lowest BCUT2D eigenvalue weighted by Crippen LogP contribution is -2.27. The van der Waals surface area contributed by atoms with Gasteiger partial charge in [0.25, 0.3) is 0 Å². The molecular weight excluding hydrogens is 448 g/mol. The molecule has 3 aromatic heterocycles. The monoisotopic (exact) mass is 482 g/mol. The number of fused-ring (bicyclic) bond motifs is 1. The number of hydrogen-bond donors (Lipinski definition) is 3. The molecule has 4 heterocycles. The van der Waals surface area contributed by atoms with Gasteiger partial charge in [-0.3, -0.25) is 9.89 Å². The summed E-state index contributed by atoms with van der Waals surface area (Å²) in [6.45, 7) is 2.98. The minimum absolute atomic E-state index is 0. The fourth-order valence-corrected chi connectivity index (χ4v) is 5.14. The Bertz CT molecular complexity index is 1260. The van der Waals surface area contributed by atoms with Gasteiger partial charge in [0.2, 0.25) is 5.91 Å². The van der Waals surface area contributed by atoms with E-state index < -0.39 is 0 Å². The number of benzene rings is 1. The second-order valence-electron chi connectivity index (χ2n) is 8.58. The van der Waals surface area contributed by atoms with Gasteiger partial charge in [-0.2, -0.15) is 5.10 Å². The number of carbonyl (C=O) groups excluding carboxylic acids is 1. The molecule has 5 rings (SSSR count). The molecule has 0 spiro atoms. The number of anilines is 1. The Kier molecular flexibility index (Phi) is 7.11. The van der Waals surface area contributed by atoms with E-state index in [9.17, 15) is 4.79 Å². The molecule has 8 nitrogen and oxygen atoms in total. The van der Waals surface area contributed by atoms with Gasteiger partial charge in [0.05, 0.1) is 23.7 Å². The smallest absolute Gasteiger partial charge is 0.229 e. The first-order chi connectivity index (χ1) is 16.7. The topological polar surface area (TPSA) is 105 Å². The van der Waals surface area contributed by atoms with Gasteiger partial charge in [0.15, 0.2) is 5.65 Å². The average Bonchev–Trinajstić information content (AvgIpc) is 3.49. The zero-order valence-electron chi connectivity index (χ0n) is 18.9. The molecule has 1 aromatic carbocycles. The maximum absolute atomic E-state index is 12.6. The Morgan fingerprint density at radius 3 is 3.00 bits per heavy atom. The maximum atomic E-state index is 12.6. The molecule has 0 saturated carbocycles. The van der Waals surface area contributed by atoms with E-state index in [-0.39, 0.29) is 16.6 Å². The van der Waals surface area contributed by atoms with Crippen molar-refractivity contribution >= 4 is 33.4 Å². The molecular formula is C25H34N6O2S. The van der Waals surface area contributed by atoms with E-state index in [4.69, 9.17) is 4.74 Å². The van der Waals surface area contributed by atoms with Crippen molar-refractivity contribution < 1.29 is 13.8 Å². The van der Waals surface area contributed by atoms with Crippen LogP contribution in [-0.2, 0) is 11.2 Å². The Hall–Kier alpha value is -3.30. The molecule has 3 N–H and O–H groups in total. The number of hydrogen-bond acceptors (Lipinski definition) is 7. The highest BCUT2D eigenvalue weighted by atomic mass is 32.1. The van der Waals surface area contributed by atoms with Gasteiger partial charge in [-0.1, -0.05) is 12.1 Å². The lowest BCUT2D eigenvalue weighted by atomic mass is 9.93. The van der Waals surface area contributed by atoms with Crippen molar-refractivity contribution in [2.75, 3.05) is 25.0 Å². The third kappa shape index (κ3) is 5.60. The first kappa shape index (κ1) is 22.5. The number of H-pyrrole nitrogens is 1. The van der Waals surface area contributed by atoms with Crippen molar-refractivity contribution in [3.05, 3.63) is 53.7 Å². The summed E-state index contributed by atoms with van der Waals surface area (Å²) in [6, 6.07) is 9.73. The number of ether oxygens (including phenoxy) is 1. The number of aromatic nitrogens is 4. The second kappa shape index (κ2) is 10.8. The fourth-order valence-electron chi connectivity index (χ4n) is 4.33. The summed E-state index contributed by atoms with van der Waals surface area (Å²) >= 11 is 1.47. The van der Waals surface area contributed by atoms with Crippen LogP contribution in [0.25, 0.3) is 22.4 Å². The minimum Gasteiger partial charge on any atom is -0.494 e.